The van der Waals surface area contributed by atoms with E-state index >= 15 is 0 Å². The number of hydrogen-bond acceptors (Lipinski definition) is 5. The highest BCUT2D eigenvalue weighted by Gasteiger charge is 2.28. The van der Waals surface area contributed by atoms with Crippen LogP contribution < -0.4 is 9.47 Å². The fourth-order valence-electron chi connectivity index (χ4n) is 2.78. The highest BCUT2D eigenvalue weighted by molar-refractivity contribution is 7.89. The van der Waals surface area contributed by atoms with Crippen molar-refractivity contribution >= 4 is 15.9 Å². The fourth-order valence-corrected chi connectivity index (χ4v) is 3.91. The summed E-state index contributed by atoms with van der Waals surface area (Å²) in [4.78, 5) is 14.6. The van der Waals surface area contributed by atoms with Crippen LogP contribution in [0.4, 0.5) is 0 Å². The summed E-state index contributed by atoms with van der Waals surface area (Å²) in [5.41, 5.74) is 0.370. The van der Waals surface area contributed by atoms with Crippen molar-refractivity contribution in [3.63, 3.8) is 0 Å². The summed E-state index contributed by atoms with van der Waals surface area (Å²) in [5, 5.41) is 0. The first-order chi connectivity index (χ1) is 11.4. The summed E-state index contributed by atoms with van der Waals surface area (Å²) in [6.45, 7) is 3.21. The van der Waals surface area contributed by atoms with Crippen molar-refractivity contribution in [2.75, 3.05) is 46.2 Å². The normalized spacial score (nSPS) is 16.5. The van der Waals surface area contributed by atoms with Gasteiger partial charge in [-0.1, -0.05) is 6.07 Å². The van der Waals surface area contributed by atoms with Crippen LogP contribution in [-0.2, 0) is 10.0 Å². The van der Waals surface area contributed by atoms with E-state index in [1.807, 2.05) is 0 Å². The Bertz CT molecular complexity index is 667. The fraction of sp³-hybridized carbons (Fsp3) is 0.562. The lowest BCUT2D eigenvalue weighted by Crippen LogP contribution is -2.38. The molecule has 0 saturated carbocycles. The van der Waals surface area contributed by atoms with E-state index in [-0.39, 0.29) is 11.7 Å². The lowest BCUT2D eigenvalue weighted by molar-refractivity contribution is 0.0757. The molecule has 2 rings (SSSR count). The molecule has 0 N–H and O–H groups in total. The van der Waals surface area contributed by atoms with Gasteiger partial charge in [0, 0.05) is 26.2 Å². The zero-order chi connectivity index (χ0) is 17.7. The van der Waals surface area contributed by atoms with Crippen LogP contribution in [0, 0.1) is 0 Å². The molecule has 1 aromatic rings. The number of carbonyl (C=O) groups excluding carboxylic acids is 1. The Morgan fingerprint density at radius 3 is 2.25 bits per heavy atom. The molecular weight excluding hydrogens is 332 g/mol. The number of methoxy groups -OCH3 is 2. The molecule has 1 aliphatic heterocycles. The molecule has 0 radical (unpaired) electrons. The van der Waals surface area contributed by atoms with E-state index in [4.69, 9.17) is 9.47 Å². The smallest absolute Gasteiger partial charge is 0.261 e. The van der Waals surface area contributed by atoms with Crippen LogP contribution in [0.25, 0.3) is 0 Å². The van der Waals surface area contributed by atoms with Gasteiger partial charge in [0.1, 0.15) is 17.1 Å². The third kappa shape index (κ3) is 3.81. The van der Waals surface area contributed by atoms with E-state index in [2.05, 4.69) is 0 Å². The number of hydrogen-bond donors (Lipinski definition) is 0. The second-order valence-electron chi connectivity index (χ2n) is 5.48. The Kier molecular flexibility index (Phi) is 6.06. The maximum atomic E-state index is 12.9. The summed E-state index contributed by atoms with van der Waals surface area (Å²) < 4.78 is 36.1. The summed E-state index contributed by atoms with van der Waals surface area (Å²) in [7, 11) is -0.231. The van der Waals surface area contributed by atoms with Crippen molar-refractivity contribution in [3.05, 3.63) is 23.8 Å². The Labute approximate surface area is 143 Å². The van der Waals surface area contributed by atoms with Gasteiger partial charge in [-0.2, -0.15) is 0 Å². The van der Waals surface area contributed by atoms with Crippen LogP contribution in [0.1, 0.15) is 23.7 Å². The minimum atomic E-state index is -3.24. The van der Waals surface area contributed by atoms with Gasteiger partial charge in [0.15, 0.2) is 0 Å². The predicted octanol–water partition coefficient (Wildman–Crippen LogP) is 1.20. The molecule has 0 atom stereocenters. The highest BCUT2D eigenvalue weighted by Crippen LogP contribution is 2.30. The van der Waals surface area contributed by atoms with E-state index in [9.17, 15) is 13.2 Å². The van der Waals surface area contributed by atoms with Gasteiger partial charge in [0.05, 0.1) is 20.0 Å². The summed E-state index contributed by atoms with van der Waals surface area (Å²) >= 11 is 0. The Morgan fingerprint density at radius 1 is 1.08 bits per heavy atom. The van der Waals surface area contributed by atoms with Crippen LogP contribution >= 0.6 is 0 Å². The van der Waals surface area contributed by atoms with Gasteiger partial charge in [-0.25, -0.2) is 12.7 Å². The average molecular weight is 356 g/mol. The van der Waals surface area contributed by atoms with Gasteiger partial charge in [0.25, 0.3) is 5.91 Å². The molecule has 0 aliphatic carbocycles. The van der Waals surface area contributed by atoms with Crippen molar-refractivity contribution in [2.45, 2.75) is 13.3 Å². The molecule has 1 aliphatic rings. The quantitative estimate of drug-likeness (QED) is 0.792. The number of nitrogens with zero attached hydrogens (tertiary/aromatic N) is 2. The molecular formula is C16H24N2O5S. The Balaban J connectivity index is 2.23. The van der Waals surface area contributed by atoms with Gasteiger partial charge in [-0.05, 0) is 25.5 Å². The standard InChI is InChI=1S/C16H24N2O5S/c1-4-24(20,21)18-10-6-9-17(11-12-18)16(19)15-13(22-2)7-5-8-14(15)23-3/h5,7-8H,4,6,9-12H2,1-3H3. The molecule has 1 aromatic carbocycles. The Morgan fingerprint density at radius 2 is 1.71 bits per heavy atom. The van der Waals surface area contributed by atoms with Gasteiger partial charge in [-0.3, -0.25) is 4.79 Å². The third-order valence-electron chi connectivity index (χ3n) is 4.14. The number of carbonyl (C=O) groups is 1. The molecule has 0 bridgehead atoms. The van der Waals surface area contributed by atoms with E-state index in [1.165, 1.54) is 18.5 Å². The van der Waals surface area contributed by atoms with Crippen LogP contribution in [-0.4, -0.2) is 69.7 Å². The molecule has 24 heavy (non-hydrogen) atoms. The molecule has 7 nitrogen and oxygen atoms in total. The summed E-state index contributed by atoms with van der Waals surface area (Å²) in [6, 6.07) is 5.18. The maximum Gasteiger partial charge on any atom is 0.261 e. The molecule has 1 amide bonds. The molecule has 1 fully saturated rings. The van der Waals surface area contributed by atoms with Crippen LogP contribution in [0.15, 0.2) is 18.2 Å². The van der Waals surface area contributed by atoms with Crippen molar-refractivity contribution in [1.82, 2.24) is 9.21 Å². The van der Waals surface area contributed by atoms with Crippen LogP contribution in [0.3, 0.4) is 0 Å². The second-order valence-corrected chi connectivity index (χ2v) is 7.74. The van der Waals surface area contributed by atoms with Gasteiger partial charge in [0.2, 0.25) is 10.0 Å². The van der Waals surface area contributed by atoms with Crippen molar-refractivity contribution in [2.24, 2.45) is 0 Å². The lowest BCUT2D eigenvalue weighted by atomic mass is 10.1. The number of amides is 1. The van der Waals surface area contributed by atoms with Crippen molar-refractivity contribution in [1.29, 1.82) is 0 Å². The molecule has 8 heteroatoms. The Hall–Kier alpha value is -1.80. The molecule has 0 spiro atoms. The molecule has 1 saturated heterocycles. The number of ether oxygens (including phenoxy) is 2. The van der Waals surface area contributed by atoms with Gasteiger partial charge in [-0.15, -0.1) is 0 Å². The maximum absolute atomic E-state index is 12.9. The predicted molar refractivity (Wildman–Crippen MR) is 91.1 cm³/mol. The molecule has 134 valence electrons. The summed E-state index contributed by atoms with van der Waals surface area (Å²) in [5.74, 6) is 0.754. The molecule has 0 aromatic heterocycles. The molecule has 0 unspecified atom stereocenters. The van der Waals surface area contributed by atoms with E-state index < -0.39 is 10.0 Å². The van der Waals surface area contributed by atoms with Gasteiger partial charge >= 0.3 is 0 Å². The van der Waals surface area contributed by atoms with Crippen molar-refractivity contribution in [3.8, 4) is 11.5 Å². The average Bonchev–Trinajstić information content (AvgIpc) is 2.87. The van der Waals surface area contributed by atoms with E-state index in [0.717, 1.165) is 0 Å². The minimum Gasteiger partial charge on any atom is -0.496 e. The van der Waals surface area contributed by atoms with E-state index in [1.54, 1.807) is 30.0 Å². The van der Waals surface area contributed by atoms with E-state index in [0.29, 0.717) is 49.7 Å². The summed E-state index contributed by atoms with van der Waals surface area (Å²) in [6.07, 6.45) is 0.600. The largest absolute Gasteiger partial charge is 0.496 e. The minimum absolute atomic E-state index is 0.0707. The van der Waals surface area contributed by atoms with Crippen LogP contribution in [0.5, 0.6) is 11.5 Å². The number of rotatable bonds is 5. The number of benzene rings is 1. The highest BCUT2D eigenvalue weighted by atomic mass is 32.2. The monoisotopic (exact) mass is 356 g/mol. The second kappa shape index (κ2) is 7.85. The third-order valence-corrected chi connectivity index (χ3v) is 6.02. The zero-order valence-electron chi connectivity index (χ0n) is 14.3. The first-order valence-corrected chi connectivity index (χ1v) is 9.53. The first kappa shape index (κ1) is 18.5. The first-order valence-electron chi connectivity index (χ1n) is 7.92. The topological polar surface area (TPSA) is 76.2 Å². The molecule has 1 heterocycles. The van der Waals surface area contributed by atoms with Gasteiger partial charge < -0.3 is 14.4 Å². The van der Waals surface area contributed by atoms with Crippen LogP contribution in [0.2, 0.25) is 0 Å². The number of sulfonamides is 1. The van der Waals surface area contributed by atoms with Crippen molar-refractivity contribution < 1.29 is 22.7 Å². The SMILES string of the molecule is CCS(=O)(=O)N1CCCN(C(=O)c2c(OC)cccc2OC)CC1. The zero-order valence-corrected chi connectivity index (χ0v) is 15.1. The lowest BCUT2D eigenvalue weighted by Gasteiger charge is -2.23.